The van der Waals surface area contributed by atoms with Crippen molar-refractivity contribution in [2.75, 3.05) is 24.5 Å². The molecule has 2 aliphatic carbocycles. The molecule has 56 heavy (non-hydrogen) atoms. The minimum absolute atomic E-state index is 0.0366. The number of hydrazine groups is 1. The summed E-state index contributed by atoms with van der Waals surface area (Å²) in [7, 11) is 3.00. The van der Waals surface area contributed by atoms with Gasteiger partial charge in [0.15, 0.2) is 11.5 Å². The number of anilines is 2. The fraction of sp³-hybridized carbons (Fsp3) is 0.227. The molecule has 0 spiro atoms. The molecule has 4 amide bonds. The monoisotopic (exact) mass is 789 g/mol. The van der Waals surface area contributed by atoms with E-state index < -0.39 is 46.8 Å². The van der Waals surface area contributed by atoms with Crippen LogP contribution in [-0.4, -0.2) is 48.0 Å². The lowest BCUT2D eigenvalue weighted by molar-refractivity contribution is -0.139. The molecular formula is C44H37Cl2N3O7. The van der Waals surface area contributed by atoms with Gasteiger partial charge < -0.3 is 14.6 Å². The molecule has 0 aromatic heterocycles. The number of hydrogen-bond donors (Lipinski definition) is 2. The van der Waals surface area contributed by atoms with Crippen molar-refractivity contribution in [3.8, 4) is 17.2 Å². The third kappa shape index (κ3) is 5.78. The summed E-state index contributed by atoms with van der Waals surface area (Å²) in [6.45, 7) is 3.80. The van der Waals surface area contributed by atoms with E-state index in [1.54, 1.807) is 86.0 Å². The highest BCUT2D eigenvalue weighted by Crippen LogP contribution is 2.62. The first-order chi connectivity index (χ1) is 27.0. The van der Waals surface area contributed by atoms with Gasteiger partial charge in [0.1, 0.15) is 5.75 Å². The van der Waals surface area contributed by atoms with Crippen molar-refractivity contribution in [1.29, 1.82) is 0 Å². The number of benzene rings is 4. The van der Waals surface area contributed by atoms with E-state index in [0.717, 1.165) is 16.1 Å². The quantitative estimate of drug-likeness (QED) is 0.129. The van der Waals surface area contributed by atoms with E-state index in [2.05, 4.69) is 12.0 Å². The second-order valence-electron chi connectivity index (χ2n) is 14.4. The minimum atomic E-state index is -1.51. The number of ether oxygens (including phenoxy) is 2. The van der Waals surface area contributed by atoms with Gasteiger partial charge in [0.2, 0.25) is 11.8 Å². The number of nitrogens with zero attached hydrogens (tertiary/aromatic N) is 2. The smallest absolute Gasteiger partial charge is 0.260 e. The fourth-order valence-corrected chi connectivity index (χ4v) is 9.56. The number of phenolic OH excluding ortho intramolecular Hbond substituents is 1. The molecule has 4 aromatic carbocycles. The first-order valence-corrected chi connectivity index (χ1v) is 18.9. The summed E-state index contributed by atoms with van der Waals surface area (Å²) in [5.41, 5.74) is 5.14. The molecule has 284 valence electrons. The molecule has 0 bridgehead atoms. The lowest BCUT2D eigenvalue weighted by Gasteiger charge is -2.49. The van der Waals surface area contributed by atoms with E-state index in [9.17, 15) is 19.5 Å². The third-order valence-electron chi connectivity index (χ3n) is 11.7. The number of hydrogen-bond acceptors (Lipinski definition) is 8. The van der Waals surface area contributed by atoms with Gasteiger partial charge >= 0.3 is 0 Å². The van der Waals surface area contributed by atoms with E-state index in [1.165, 1.54) is 24.1 Å². The van der Waals surface area contributed by atoms with Crippen molar-refractivity contribution in [3.63, 3.8) is 0 Å². The Morgan fingerprint density at radius 2 is 1.59 bits per heavy atom. The number of rotatable bonds is 9. The lowest BCUT2D eigenvalue weighted by atomic mass is 9.50. The molecule has 10 nitrogen and oxygen atoms in total. The maximum absolute atomic E-state index is 15.4. The van der Waals surface area contributed by atoms with Crippen molar-refractivity contribution in [3.05, 3.63) is 136 Å². The second kappa shape index (κ2) is 14.3. The number of aromatic hydroxyl groups is 1. The fourth-order valence-electron chi connectivity index (χ4n) is 9.11. The Hall–Kier alpha value is -5.84. The van der Waals surface area contributed by atoms with E-state index in [4.69, 9.17) is 32.7 Å². The zero-order chi connectivity index (χ0) is 39.5. The second-order valence-corrected chi connectivity index (χ2v) is 15.2. The van der Waals surface area contributed by atoms with E-state index in [0.29, 0.717) is 33.3 Å². The summed E-state index contributed by atoms with van der Waals surface area (Å²) < 4.78 is 10.9. The molecular weight excluding hydrogens is 753 g/mol. The van der Waals surface area contributed by atoms with Gasteiger partial charge in [-0.25, -0.2) is 0 Å². The Morgan fingerprint density at radius 1 is 0.857 bits per heavy atom. The van der Waals surface area contributed by atoms with Crippen LogP contribution < -0.4 is 19.8 Å². The molecule has 12 heteroatoms. The van der Waals surface area contributed by atoms with Crippen LogP contribution in [-0.2, 0) is 24.6 Å². The molecule has 2 aliphatic heterocycles. The van der Waals surface area contributed by atoms with Gasteiger partial charge in [-0.2, -0.15) is 5.01 Å². The highest BCUT2D eigenvalue weighted by molar-refractivity contribution is 6.36. The zero-order valence-electron chi connectivity index (χ0n) is 30.4. The van der Waals surface area contributed by atoms with Crippen molar-refractivity contribution >= 4 is 70.4 Å². The normalized spacial score (nSPS) is 25.5. The van der Waals surface area contributed by atoms with E-state index in [-0.39, 0.29) is 41.2 Å². The minimum Gasteiger partial charge on any atom is -0.504 e. The topological polar surface area (TPSA) is 125 Å². The SMILES string of the molecule is C=Cc1ccc(N2C(=O)C3CC=C4C(CC5C(=O)N(Nc6ccc(Cl)cc6Cl)C(=O)C5(c5ccc(OC)cc5)C4C=Cc4ccc(O)c(OC)c4)C3C2=O)cc1. The molecule has 6 atom stereocenters. The summed E-state index contributed by atoms with van der Waals surface area (Å²) in [6.07, 6.45) is 7.77. The van der Waals surface area contributed by atoms with Gasteiger partial charge in [0, 0.05) is 10.9 Å². The van der Waals surface area contributed by atoms with Crippen LogP contribution in [0.2, 0.25) is 10.0 Å². The molecule has 3 fully saturated rings. The highest BCUT2D eigenvalue weighted by atomic mass is 35.5. The van der Waals surface area contributed by atoms with Gasteiger partial charge in [-0.05, 0) is 90.0 Å². The Balaban J connectivity index is 1.30. The highest BCUT2D eigenvalue weighted by Gasteiger charge is 2.69. The van der Waals surface area contributed by atoms with E-state index in [1.807, 2.05) is 18.2 Å². The van der Waals surface area contributed by atoms with Gasteiger partial charge in [-0.1, -0.05) is 90.0 Å². The first-order valence-electron chi connectivity index (χ1n) is 18.1. The first kappa shape index (κ1) is 37.1. The summed E-state index contributed by atoms with van der Waals surface area (Å²) in [5, 5.41) is 11.9. The molecule has 2 N–H and O–H groups in total. The maximum atomic E-state index is 15.4. The number of fused-ring (bicyclic) bond motifs is 4. The molecule has 0 radical (unpaired) electrons. The summed E-state index contributed by atoms with van der Waals surface area (Å²) >= 11 is 12.7. The molecule has 6 unspecified atom stereocenters. The lowest BCUT2D eigenvalue weighted by Crippen LogP contribution is -2.54. The van der Waals surface area contributed by atoms with Crippen LogP contribution in [0.1, 0.15) is 29.5 Å². The largest absolute Gasteiger partial charge is 0.504 e. The molecule has 1 saturated carbocycles. The van der Waals surface area contributed by atoms with Gasteiger partial charge in [-0.15, -0.1) is 0 Å². The molecule has 4 aromatic rings. The Morgan fingerprint density at radius 3 is 2.27 bits per heavy atom. The Labute approximate surface area is 333 Å². The average molecular weight is 791 g/mol. The number of nitrogens with one attached hydrogen (secondary N) is 1. The number of imide groups is 2. The van der Waals surface area contributed by atoms with Crippen LogP contribution in [0.5, 0.6) is 17.2 Å². The third-order valence-corrected chi connectivity index (χ3v) is 12.3. The zero-order valence-corrected chi connectivity index (χ0v) is 32.0. The van der Waals surface area contributed by atoms with Gasteiger partial charge in [0.25, 0.3) is 11.8 Å². The standard InChI is InChI=1S/C44H37Cl2N3O7/c1-4-24-5-12-28(13-6-24)48-40(51)31-17-16-30-32(39(31)42(48)53)23-34-41(52)49(47-36-19-11-27(45)22-35(36)46)43(54)44(34,26-9-14-29(55-2)15-10-26)33(30)18-7-25-8-20-37(50)38(21-25)56-3/h4-16,18-22,31-34,39,47,50H,1,17,23H2,2-3H3. The van der Waals surface area contributed by atoms with Gasteiger partial charge in [0.05, 0.1) is 53.8 Å². The van der Waals surface area contributed by atoms with Crippen molar-refractivity contribution in [2.24, 2.45) is 29.6 Å². The van der Waals surface area contributed by atoms with Crippen LogP contribution >= 0.6 is 23.2 Å². The predicted molar refractivity (Wildman–Crippen MR) is 214 cm³/mol. The van der Waals surface area contributed by atoms with Crippen LogP contribution in [0.15, 0.2) is 109 Å². The number of allylic oxidation sites excluding steroid dienone is 3. The molecule has 8 rings (SSSR count). The number of carbonyl (C=O) groups is 4. The summed E-state index contributed by atoms with van der Waals surface area (Å²) in [4.78, 5) is 60.2. The molecule has 2 saturated heterocycles. The Bertz CT molecular complexity index is 2360. The molecule has 4 aliphatic rings. The number of methoxy groups -OCH3 is 2. The van der Waals surface area contributed by atoms with Crippen molar-refractivity contribution in [2.45, 2.75) is 18.3 Å². The van der Waals surface area contributed by atoms with E-state index >= 15 is 4.79 Å². The van der Waals surface area contributed by atoms with Crippen LogP contribution in [0, 0.1) is 29.6 Å². The van der Waals surface area contributed by atoms with Gasteiger partial charge in [-0.3, -0.25) is 29.5 Å². The number of phenols is 1. The van der Waals surface area contributed by atoms with Crippen LogP contribution in [0.25, 0.3) is 12.2 Å². The Kier molecular flexibility index (Phi) is 9.50. The summed E-state index contributed by atoms with van der Waals surface area (Å²) in [5.74, 6) is -4.59. The van der Waals surface area contributed by atoms with Crippen LogP contribution in [0.4, 0.5) is 11.4 Å². The predicted octanol–water partition coefficient (Wildman–Crippen LogP) is 8.09. The van der Waals surface area contributed by atoms with Crippen LogP contribution in [0.3, 0.4) is 0 Å². The van der Waals surface area contributed by atoms with Crippen molar-refractivity contribution < 1.29 is 33.8 Å². The average Bonchev–Trinajstić information content (AvgIpc) is 3.59. The number of carbonyl (C=O) groups excluding carboxylic acids is 4. The van der Waals surface area contributed by atoms with Crippen molar-refractivity contribution in [1.82, 2.24) is 5.01 Å². The number of amides is 4. The number of halogens is 2. The summed E-state index contributed by atoms with van der Waals surface area (Å²) in [6, 6.07) is 23.8. The molecule has 2 heterocycles. The maximum Gasteiger partial charge on any atom is 0.260 e.